The zero-order valence-electron chi connectivity index (χ0n) is 11.6. The third-order valence-electron chi connectivity index (χ3n) is 3.97. The van der Waals surface area contributed by atoms with Crippen LogP contribution in [0, 0.1) is 5.92 Å². The van der Waals surface area contributed by atoms with Gasteiger partial charge in [0, 0.05) is 30.1 Å². The van der Waals surface area contributed by atoms with Gasteiger partial charge in [-0.3, -0.25) is 4.90 Å². The van der Waals surface area contributed by atoms with Crippen LogP contribution in [0.15, 0.2) is 24.3 Å². The molecule has 1 N–H and O–H groups in total. The van der Waals surface area contributed by atoms with Gasteiger partial charge in [-0.1, -0.05) is 29.8 Å². The van der Waals surface area contributed by atoms with E-state index in [4.69, 9.17) is 16.3 Å². The van der Waals surface area contributed by atoms with Gasteiger partial charge in [0.05, 0.1) is 12.7 Å². The second-order valence-electron chi connectivity index (χ2n) is 5.33. The molecule has 1 aliphatic heterocycles. The van der Waals surface area contributed by atoms with Crippen LogP contribution in [0.1, 0.15) is 24.9 Å². The Morgan fingerprint density at radius 2 is 2.21 bits per heavy atom. The molecular formula is C15H22ClNO2. The first kappa shape index (κ1) is 14.8. The summed E-state index contributed by atoms with van der Waals surface area (Å²) < 4.78 is 5.45. The summed E-state index contributed by atoms with van der Waals surface area (Å²) in [6.45, 7) is 4.26. The van der Waals surface area contributed by atoms with Gasteiger partial charge in [-0.2, -0.15) is 0 Å². The smallest absolute Gasteiger partial charge is 0.0624 e. The van der Waals surface area contributed by atoms with Crippen LogP contribution in [-0.4, -0.2) is 42.9 Å². The van der Waals surface area contributed by atoms with E-state index in [9.17, 15) is 5.11 Å². The van der Waals surface area contributed by atoms with Crippen LogP contribution in [0.5, 0.6) is 0 Å². The lowest BCUT2D eigenvalue weighted by molar-refractivity contribution is -0.0473. The van der Waals surface area contributed by atoms with Crippen LogP contribution < -0.4 is 0 Å². The SMILES string of the molecule is CC(c1ccccc1Cl)N(C)CC1COCCC1O. The molecule has 0 saturated carbocycles. The van der Waals surface area contributed by atoms with Gasteiger partial charge in [-0.15, -0.1) is 0 Å². The van der Waals surface area contributed by atoms with E-state index in [-0.39, 0.29) is 18.1 Å². The fourth-order valence-electron chi connectivity index (χ4n) is 2.54. The molecule has 4 heteroatoms. The lowest BCUT2D eigenvalue weighted by atomic mass is 9.97. The Morgan fingerprint density at radius 1 is 1.47 bits per heavy atom. The first-order chi connectivity index (χ1) is 9.09. The van der Waals surface area contributed by atoms with Gasteiger partial charge < -0.3 is 9.84 Å². The molecule has 19 heavy (non-hydrogen) atoms. The minimum atomic E-state index is -0.255. The Kier molecular flexibility index (Phi) is 5.22. The van der Waals surface area contributed by atoms with E-state index < -0.39 is 0 Å². The standard InChI is InChI=1S/C15H22ClNO2/c1-11(13-5-3-4-6-14(13)16)17(2)9-12-10-19-8-7-15(12)18/h3-6,11-12,15,18H,7-10H2,1-2H3. The van der Waals surface area contributed by atoms with Crippen LogP contribution in [0.25, 0.3) is 0 Å². The minimum Gasteiger partial charge on any atom is -0.393 e. The first-order valence-corrected chi connectivity index (χ1v) is 7.18. The van der Waals surface area contributed by atoms with Crippen molar-refractivity contribution in [2.45, 2.75) is 25.5 Å². The maximum Gasteiger partial charge on any atom is 0.0624 e. The summed E-state index contributed by atoms with van der Waals surface area (Å²) in [5.41, 5.74) is 1.12. The summed E-state index contributed by atoms with van der Waals surface area (Å²) in [5, 5.41) is 10.8. The Labute approximate surface area is 120 Å². The monoisotopic (exact) mass is 283 g/mol. The number of benzene rings is 1. The molecule has 3 atom stereocenters. The molecule has 106 valence electrons. The fourth-order valence-corrected chi connectivity index (χ4v) is 2.83. The molecule has 0 amide bonds. The first-order valence-electron chi connectivity index (χ1n) is 6.80. The van der Waals surface area contributed by atoms with Crippen molar-refractivity contribution in [3.8, 4) is 0 Å². The highest BCUT2D eigenvalue weighted by Crippen LogP contribution is 2.27. The largest absolute Gasteiger partial charge is 0.393 e. The predicted octanol–water partition coefficient (Wildman–Crippen LogP) is 2.73. The van der Waals surface area contributed by atoms with E-state index in [1.807, 2.05) is 18.2 Å². The highest BCUT2D eigenvalue weighted by atomic mass is 35.5. The lowest BCUT2D eigenvalue weighted by Gasteiger charge is -2.34. The van der Waals surface area contributed by atoms with Gasteiger partial charge in [0.25, 0.3) is 0 Å². The van der Waals surface area contributed by atoms with Crippen molar-refractivity contribution >= 4 is 11.6 Å². The molecule has 0 aromatic heterocycles. The fraction of sp³-hybridized carbons (Fsp3) is 0.600. The normalized spacial score (nSPS) is 25.5. The molecular weight excluding hydrogens is 262 g/mol. The number of nitrogens with zero attached hydrogens (tertiary/aromatic N) is 1. The molecule has 0 aliphatic carbocycles. The Morgan fingerprint density at radius 3 is 2.89 bits per heavy atom. The van der Waals surface area contributed by atoms with Gasteiger partial charge in [-0.05, 0) is 32.0 Å². The number of aliphatic hydroxyl groups is 1. The van der Waals surface area contributed by atoms with Crippen LogP contribution in [0.3, 0.4) is 0 Å². The molecule has 1 fully saturated rings. The highest BCUT2D eigenvalue weighted by molar-refractivity contribution is 6.31. The number of hydrogen-bond acceptors (Lipinski definition) is 3. The molecule has 1 aliphatic rings. The van der Waals surface area contributed by atoms with E-state index >= 15 is 0 Å². The van der Waals surface area contributed by atoms with Crippen molar-refractivity contribution < 1.29 is 9.84 Å². The van der Waals surface area contributed by atoms with Crippen molar-refractivity contribution in [1.29, 1.82) is 0 Å². The minimum absolute atomic E-state index is 0.184. The van der Waals surface area contributed by atoms with Crippen LogP contribution in [-0.2, 0) is 4.74 Å². The van der Waals surface area contributed by atoms with Crippen LogP contribution in [0.4, 0.5) is 0 Å². The van der Waals surface area contributed by atoms with E-state index in [2.05, 4.69) is 24.9 Å². The predicted molar refractivity (Wildman–Crippen MR) is 77.4 cm³/mol. The number of ether oxygens (including phenoxy) is 1. The van der Waals surface area contributed by atoms with Crippen molar-refractivity contribution in [3.63, 3.8) is 0 Å². The molecule has 0 spiro atoms. The third kappa shape index (κ3) is 3.69. The van der Waals surface area contributed by atoms with Gasteiger partial charge in [-0.25, -0.2) is 0 Å². The average molecular weight is 284 g/mol. The molecule has 1 aromatic carbocycles. The van der Waals surface area contributed by atoms with Crippen LogP contribution >= 0.6 is 11.6 Å². The summed E-state index contributed by atoms with van der Waals surface area (Å²) in [6.07, 6.45) is 0.480. The molecule has 1 heterocycles. The van der Waals surface area contributed by atoms with Crippen LogP contribution in [0.2, 0.25) is 5.02 Å². The summed E-state index contributed by atoms with van der Waals surface area (Å²) >= 11 is 6.23. The number of hydrogen-bond donors (Lipinski definition) is 1. The Balaban J connectivity index is 1.99. The van der Waals surface area contributed by atoms with E-state index in [1.165, 1.54) is 0 Å². The van der Waals surface area contributed by atoms with E-state index in [1.54, 1.807) is 0 Å². The number of aliphatic hydroxyl groups excluding tert-OH is 1. The van der Waals surface area contributed by atoms with E-state index in [0.29, 0.717) is 13.2 Å². The summed E-state index contributed by atoms with van der Waals surface area (Å²) in [6, 6.07) is 8.14. The lowest BCUT2D eigenvalue weighted by Crippen LogP contribution is -2.40. The Hall–Kier alpha value is -0.610. The quantitative estimate of drug-likeness (QED) is 0.922. The molecule has 2 rings (SSSR count). The zero-order valence-corrected chi connectivity index (χ0v) is 12.3. The van der Waals surface area contributed by atoms with Crippen molar-refractivity contribution in [2.75, 3.05) is 26.8 Å². The molecule has 1 aromatic rings. The van der Waals surface area contributed by atoms with E-state index in [0.717, 1.165) is 23.6 Å². The van der Waals surface area contributed by atoms with Crippen molar-refractivity contribution in [1.82, 2.24) is 4.90 Å². The average Bonchev–Trinajstić information content (AvgIpc) is 2.41. The molecule has 3 unspecified atom stereocenters. The summed E-state index contributed by atoms with van der Waals surface area (Å²) in [7, 11) is 2.06. The number of halogens is 1. The molecule has 0 bridgehead atoms. The zero-order chi connectivity index (χ0) is 13.8. The van der Waals surface area contributed by atoms with Crippen molar-refractivity contribution in [2.24, 2.45) is 5.92 Å². The van der Waals surface area contributed by atoms with Crippen molar-refractivity contribution in [3.05, 3.63) is 34.9 Å². The second kappa shape index (κ2) is 6.71. The summed E-state index contributed by atoms with van der Waals surface area (Å²) in [4.78, 5) is 2.23. The second-order valence-corrected chi connectivity index (χ2v) is 5.74. The molecule has 0 radical (unpaired) electrons. The highest BCUT2D eigenvalue weighted by Gasteiger charge is 2.26. The Bertz CT molecular complexity index is 413. The van der Waals surface area contributed by atoms with Gasteiger partial charge >= 0.3 is 0 Å². The number of rotatable bonds is 4. The maximum absolute atomic E-state index is 9.99. The third-order valence-corrected chi connectivity index (χ3v) is 4.32. The summed E-state index contributed by atoms with van der Waals surface area (Å²) in [5.74, 6) is 0.184. The molecule has 1 saturated heterocycles. The maximum atomic E-state index is 9.99. The topological polar surface area (TPSA) is 32.7 Å². The molecule has 3 nitrogen and oxygen atoms in total. The van der Waals surface area contributed by atoms with Gasteiger partial charge in [0.2, 0.25) is 0 Å². The van der Waals surface area contributed by atoms with Gasteiger partial charge in [0.1, 0.15) is 0 Å². The van der Waals surface area contributed by atoms with Gasteiger partial charge in [0.15, 0.2) is 0 Å².